The molecule has 0 amide bonds. The molecule has 1 aromatic rings. The summed E-state index contributed by atoms with van der Waals surface area (Å²) in [4.78, 5) is 2.26. The first-order valence-electron chi connectivity index (χ1n) is 8.06. The van der Waals surface area contributed by atoms with E-state index < -0.39 is 0 Å². The minimum atomic E-state index is -0.362. The number of nitrogens with one attached hydrogen (secondary N) is 1. The highest BCUT2D eigenvalue weighted by Gasteiger charge is 2.27. The van der Waals surface area contributed by atoms with Gasteiger partial charge in [0.05, 0.1) is 0 Å². The van der Waals surface area contributed by atoms with Gasteiger partial charge in [-0.3, -0.25) is 4.90 Å². The first kappa shape index (κ1) is 14.9. The highest BCUT2D eigenvalue weighted by atomic mass is 19.1. The molecule has 1 aromatic carbocycles. The molecule has 21 heavy (non-hydrogen) atoms. The lowest BCUT2D eigenvalue weighted by atomic mass is 9.99. The van der Waals surface area contributed by atoms with Crippen molar-refractivity contribution in [1.82, 2.24) is 10.2 Å². The second-order valence-corrected chi connectivity index (χ2v) is 6.50. The SMILES string of the molecule is CC(c1cc(F)ccc1F)N1CCC(NCC2CC2)CC1. The van der Waals surface area contributed by atoms with Crippen LogP contribution in [-0.4, -0.2) is 30.6 Å². The lowest BCUT2D eigenvalue weighted by Crippen LogP contribution is -2.44. The van der Waals surface area contributed by atoms with E-state index in [0.29, 0.717) is 11.6 Å². The molecule has 1 heterocycles. The Morgan fingerprint density at radius 1 is 1.19 bits per heavy atom. The van der Waals surface area contributed by atoms with Crippen molar-refractivity contribution in [3.05, 3.63) is 35.4 Å². The van der Waals surface area contributed by atoms with Crippen LogP contribution in [0.4, 0.5) is 8.78 Å². The Labute approximate surface area is 125 Å². The number of halogens is 2. The standard InChI is InChI=1S/C17H24F2N2/c1-12(16-10-14(18)4-5-17(16)19)21-8-6-15(7-9-21)20-11-13-2-3-13/h4-5,10,12-13,15,20H,2-3,6-9,11H2,1H3. The van der Waals surface area contributed by atoms with Gasteiger partial charge in [-0.15, -0.1) is 0 Å². The third-order valence-corrected chi connectivity index (χ3v) is 4.88. The van der Waals surface area contributed by atoms with Crippen LogP contribution < -0.4 is 5.32 Å². The second-order valence-electron chi connectivity index (χ2n) is 6.50. The summed E-state index contributed by atoms with van der Waals surface area (Å²) in [5, 5.41) is 3.64. The fraction of sp³-hybridized carbons (Fsp3) is 0.647. The van der Waals surface area contributed by atoms with E-state index in [1.54, 1.807) is 0 Å². The predicted molar refractivity (Wildman–Crippen MR) is 80.1 cm³/mol. The van der Waals surface area contributed by atoms with Gasteiger partial charge in [-0.2, -0.15) is 0 Å². The average Bonchev–Trinajstić information content (AvgIpc) is 3.32. The summed E-state index contributed by atoms with van der Waals surface area (Å²) >= 11 is 0. The first-order chi connectivity index (χ1) is 10.1. The molecule has 0 spiro atoms. The van der Waals surface area contributed by atoms with Gasteiger partial charge in [0, 0.05) is 30.7 Å². The second kappa shape index (κ2) is 6.41. The first-order valence-corrected chi connectivity index (χ1v) is 8.06. The molecule has 1 aliphatic heterocycles. The number of hydrogen-bond acceptors (Lipinski definition) is 2. The average molecular weight is 294 g/mol. The van der Waals surface area contributed by atoms with Crippen LogP contribution in [0.25, 0.3) is 0 Å². The maximum absolute atomic E-state index is 13.9. The van der Waals surface area contributed by atoms with Gasteiger partial charge >= 0.3 is 0 Å². The Balaban J connectivity index is 1.54. The van der Waals surface area contributed by atoms with Crippen molar-refractivity contribution in [3.8, 4) is 0 Å². The smallest absolute Gasteiger partial charge is 0.128 e. The van der Waals surface area contributed by atoms with E-state index in [4.69, 9.17) is 0 Å². The molecule has 0 bridgehead atoms. The van der Waals surface area contributed by atoms with Gasteiger partial charge in [0.15, 0.2) is 0 Å². The van der Waals surface area contributed by atoms with Crippen molar-refractivity contribution in [1.29, 1.82) is 0 Å². The van der Waals surface area contributed by atoms with Crippen LogP contribution >= 0.6 is 0 Å². The topological polar surface area (TPSA) is 15.3 Å². The molecule has 1 atom stereocenters. The lowest BCUT2D eigenvalue weighted by molar-refractivity contribution is 0.149. The van der Waals surface area contributed by atoms with Crippen molar-refractivity contribution in [2.75, 3.05) is 19.6 Å². The molecular weight excluding hydrogens is 270 g/mol. The van der Waals surface area contributed by atoms with Crippen LogP contribution in [0, 0.1) is 17.6 Å². The van der Waals surface area contributed by atoms with Crippen molar-refractivity contribution in [2.45, 2.75) is 44.7 Å². The van der Waals surface area contributed by atoms with Gasteiger partial charge < -0.3 is 5.32 Å². The molecule has 2 nitrogen and oxygen atoms in total. The van der Waals surface area contributed by atoms with E-state index in [2.05, 4.69) is 10.2 Å². The summed E-state index contributed by atoms with van der Waals surface area (Å²) in [6, 6.07) is 4.26. The Bertz CT molecular complexity index is 480. The van der Waals surface area contributed by atoms with Gasteiger partial charge in [0.25, 0.3) is 0 Å². The molecule has 4 heteroatoms. The van der Waals surface area contributed by atoms with E-state index in [-0.39, 0.29) is 17.7 Å². The van der Waals surface area contributed by atoms with E-state index in [1.165, 1.54) is 31.0 Å². The number of nitrogens with zero attached hydrogens (tertiary/aromatic N) is 1. The number of rotatable bonds is 5. The van der Waals surface area contributed by atoms with Gasteiger partial charge in [0.2, 0.25) is 0 Å². The van der Waals surface area contributed by atoms with Crippen LogP contribution in [0.1, 0.15) is 44.2 Å². The monoisotopic (exact) mass is 294 g/mol. The number of piperidine rings is 1. The Morgan fingerprint density at radius 3 is 2.57 bits per heavy atom. The third kappa shape index (κ3) is 3.80. The fourth-order valence-electron chi connectivity index (χ4n) is 3.18. The van der Waals surface area contributed by atoms with E-state index in [9.17, 15) is 8.78 Å². The molecule has 1 N–H and O–H groups in total. The largest absolute Gasteiger partial charge is 0.314 e. The molecule has 1 saturated carbocycles. The maximum Gasteiger partial charge on any atom is 0.128 e. The normalized spacial score (nSPS) is 22.4. The van der Waals surface area contributed by atoms with E-state index in [1.807, 2.05) is 6.92 Å². The minimum absolute atomic E-state index is 0.0647. The molecular formula is C17H24F2N2. The lowest BCUT2D eigenvalue weighted by Gasteiger charge is -2.36. The van der Waals surface area contributed by atoms with Gasteiger partial charge in [-0.1, -0.05) is 0 Å². The summed E-state index contributed by atoms with van der Waals surface area (Å²) in [6.07, 6.45) is 4.94. The van der Waals surface area contributed by atoms with Gasteiger partial charge in [-0.25, -0.2) is 8.78 Å². The molecule has 0 radical (unpaired) electrons. The van der Waals surface area contributed by atoms with Crippen molar-refractivity contribution in [3.63, 3.8) is 0 Å². The molecule has 3 rings (SSSR count). The van der Waals surface area contributed by atoms with E-state index in [0.717, 1.165) is 38.4 Å². The van der Waals surface area contributed by atoms with Crippen molar-refractivity contribution in [2.24, 2.45) is 5.92 Å². The van der Waals surface area contributed by atoms with Crippen molar-refractivity contribution >= 4 is 0 Å². The number of benzene rings is 1. The molecule has 1 aliphatic carbocycles. The molecule has 2 aliphatic rings. The predicted octanol–water partition coefficient (Wildman–Crippen LogP) is 3.49. The summed E-state index contributed by atoms with van der Waals surface area (Å²) in [6.45, 7) is 5.01. The maximum atomic E-state index is 13.9. The number of hydrogen-bond donors (Lipinski definition) is 1. The van der Waals surface area contributed by atoms with Crippen LogP contribution in [0.3, 0.4) is 0 Å². The minimum Gasteiger partial charge on any atom is -0.314 e. The Kier molecular flexibility index (Phi) is 4.55. The summed E-state index contributed by atoms with van der Waals surface area (Å²) < 4.78 is 27.2. The molecule has 1 saturated heterocycles. The Hall–Kier alpha value is -1.00. The van der Waals surface area contributed by atoms with E-state index >= 15 is 0 Å². The summed E-state index contributed by atoms with van der Waals surface area (Å²) in [7, 11) is 0. The Morgan fingerprint density at radius 2 is 1.90 bits per heavy atom. The zero-order valence-electron chi connectivity index (χ0n) is 12.6. The van der Waals surface area contributed by atoms with Gasteiger partial charge in [0.1, 0.15) is 11.6 Å². The highest BCUT2D eigenvalue weighted by molar-refractivity contribution is 5.22. The van der Waals surface area contributed by atoms with Gasteiger partial charge in [-0.05, 0) is 63.3 Å². The summed E-state index contributed by atoms with van der Waals surface area (Å²) in [5.41, 5.74) is 0.472. The van der Waals surface area contributed by atoms with Crippen LogP contribution in [0.15, 0.2) is 18.2 Å². The molecule has 1 unspecified atom stereocenters. The van der Waals surface area contributed by atoms with Crippen molar-refractivity contribution < 1.29 is 8.78 Å². The molecule has 0 aromatic heterocycles. The number of likely N-dealkylation sites (tertiary alicyclic amines) is 1. The summed E-state index contributed by atoms with van der Waals surface area (Å²) in [5.74, 6) is 0.237. The fourth-order valence-corrected chi connectivity index (χ4v) is 3.18. The van der Waals surface area contributed by atoms with Crippen LogP contribution in [0.5, 0.6) is 0 Å². The quantitative estimate of drug-likeness (QED) is 0.894. The zero-order chi connectivity index (χ0) is 14.8. The molecule has 116 valence electrons. The zero-order valence-corrected chi connectivity index (χ0v) is 12.6. The third-order valence-electron chi connectivity index (χ3n) is 4.88. The van der Waals surface area contributed by atoms with Crippen LogP contribution in [0.2, 0.25) is 0 Å². The van der Waals surface area contributed by atoms with Crippen LogP contribution in [-0.2, 0) is 0 Å². The molecule has 2 fully saturated rings. The highest BCUT2D eigenvalue weighted by Crippen LogP contribution is 2.29.